The van der Waals surface area contributed by atoms with Crippen LogP contribution < -0.4 is 4.74 Å². The van der Waals surface area contributed by atoms with Gasteiger partial charge in [-0.1, -0.05) is 0 Å². The summed E-state index contributed by atoms with van der Waals surface area (Å²) in [5, 5.41) is 1.11. The molecule has 0 radical (unpaired) electrons. The number of aromatic nitrogens is 1. The van der Waals surface area contributed by atoms with E-state index in [0.717, 1.165) is 9.86 Å². The third-order valence-electron chi connectivity index (χ3n) is 2.99. The van der Waals surface area contributed by atoms with Crippen LogP contribution in [0.4, 0.5) is 4.39 Å². The number of rotatable bonds is 4. The molecule has 1 aromatic carbocycles. The van der Waals surface area contributed by atoms with Gasteiger partial charge in [-0.05, 0) is 61.1 Å². The Morgan fingerprint density at radius 3 is 2.86 bits per heavy atom. The first-order chi connectivity index (χ1) is 9.93. The number of benzene rings is 1. The van der Waals surface area contributed by atoms with Gasteiger partial charge in [0.2, 0.25) is 5.05 Å². The summed E-state index contributed by atoms with van der Waals surface area (Å²) in [4.78, 5) is 4.23. The Labute approximate surface area is 136 Å². The van der Waals surface area contributed by atoms with Crippen LogP contribution in [0.3, 0.4) is 0 Å². The van der Waals surface area contributed by atoms with E-state index < -0.39 is 11.9 Å². The molecule has 0 aliphatic rings. The lowest BCUT2D eigenvalue weighted by molar-refractivity contribution is 0.223. The fourth-order valence-corrected chi connectivity index (χ4v) is 2.47. The van der Waals surface area contributed by atoms with E-state index in [-0.39, 0.29) is 5.75 Å². The van der Waals surface area contributed by atoms with E-state index in [1.165, 1.54) is 0 Å². The molecule has 21 heavy (non-hydrogen) atoms. The second-order valence-electron chi connectivity index (χ2n) is 4.55. The van der Waals surface area contributed by atoms with Gasteiger partial charge < -0.3 is 9.47 Å². The zero-order chi connectivity index (χ0) is 15.6. The van der Waals surface area contributed by atoms with Crippen molar-refractivity contribution in [2.75, 3.05) is 6.61 Å². The van der Waals surface area contributed by atoms with Crippen molar-refractivity contribution in [3.8, 4) is 5.75 Å². The number of nitrogens with zero attached hydrogens (tertiary/aromatic N) is 1. The van der Waals surface area contributed by atoms with Gasteiger partial charge in [-0.2, -0.15) is 0 Å². The Hall–Kier alpha value is -1.27. The Morgan fingerprint density at radius 2 is 2.19 bits per heavy atom. The molecule has 1 aromatic heterocycles. The van der Waals surface area contributed by atoms with E-state index in [0.29, 0.717) is 22.7 Å². The largest absolute Gasteiger partial charge is 0.484 e. The summed E-state index contributed by atoms with van der Waals surface area (Å²) in [6.07, 6.45) is 1.13. The number of halogens is 2. The van der Waals surface area contributed by atoms with Gasteiger partial charge in [-0.25, -0.2) is 4.39 Å². The van der Waals surface area contributed by atoms with Crippen molar-refractivity contribution >= 4 is 44.1 Å². The zero-order valence-corrected chi connectivity index (χ0v) is 14.3. The molecule has 0 saturated carbocycles. The lowest BCUT2D eigenvalue weighted by Crippen LogP contribution is -2.25. The minimum Gasteiger partial charge on any atom is -0.484 e. The number of fused-ring (bicyclic) bond motifs is 1. The van der Waals surface area contributed by atoms with E-state index in [1.54, 1.807) is 26.1 Å². The predicted molar refractivity (Wildman–Crippen MR) is 88.5 cm³/mol. The first-order valence-electron chi connectivity index (χ1n) is 6.51. The van der Waals surface area contributed by atoms with E-state index in [4.69, 9.17) is 21.7 Å². The zero-order valence-electron chi connectivity index (χ0n) is 11.9. The molecule has 1 heterocycles. The molecule has 0 N–H and O–H groups in total. The van der Waals surface area contributed by atoms with E-state index in [1.807, 2.05) is 13.0 Å². The van der Waals surface area contributed by atoms with Gasteiger partial charge in [0.05, 0.1) is 12.1 Å². The molecule has 112 valence electrons. The van der Waals surface area contributed by atoms with Crippen LogP contribution in [0.25, 0.3) is 10.9 Å². The highest BCUT2D eigenvalue weighted by Crippen LogP contribution is 2.30. The van der Waals surface area contributed by atoms with E-state index in [2.05, 4.69) is 20.9 Å². The molecule has 0 aliphatic heterocycles. The molecule has 2 rings (SSSR count). The maximum atomic E-state index is 14.4. The summed E-state index contributed by atoms with van der Waals surface area (Å²) in [7, 11) is 0. The van der Waals surface area contributed by atoms with Crippen molar-refractivity contribution < 1.29 is 13.9 Å². The number of ether oxygens (including phenoxy) is 2. The van der Waals surface area contributed by atoms with Gasteiger partial charge in [0.25, 0.3) is 0 Å². The topological polar surface area (TPSA) is 31.4 Å². The summed E-state index contributed by atoms with van der Waals surface area (Å²) in [5.74, 6) is -0.280. The summed E-state index contributed by atoms with van der Waals surface area (Å²) < 4.78 is 26.0. The van der Waals surface area contributed by atoms with Gasteiger partial charge in [-0.15, -0.1) is 0 Å². The van der Waals surface area contributed by atoms with Crippen LogP contribution in [0.5, 0.6) is 5.75 Å². The Morgan fingerprint density at radius 1 is 1.48 bits per heavy atom. The first kappa shape index (κ1) is 16.1. The van der Waals surface area contributed by atoms with Crippen molar-refractivity contribution in [1.82, 2.24) is 4.98 Å². The molecule has 0 spiro atoms. The van der Waals surface area contributed by atoms with Gasteiger partial charge in [0, 0.05) is 21.6 Å². The van der Waals surface area contributed by atoms with Gasteiger partial charge in [0.15, 0.2) is 17.7 Å². The van der Waals surface area contributed by atoms with Crippen LogP contribution in [-0.4, -0.2) is 22.7 Å². The number of hydrogen-bond acceptors (Lipinski definition) is 4. The Balaban J connectivity index is 2.40. The van der Waals surface area contributed by atoms with Crippen LogP contribution >= 0.6 is 28.1 Å². The molecule has 2 aromatic rings. The summed E-state index contributed by atoms with van der Waals surface area (Å²) in [6, 6.07) is 3.49. The average molecular weight is 372 g/mol. The molecule has 0 saturated heterocycles. The Kier molecular flexibility index (Phi) is 5.11. The summed E-state index contributed by atoms with van der Waals surface area (Å²) >= 11 is 8.44. The molecule has 1 atom stereocenters. The lowest BCUT2D eigenvalue weighted by Gasteiger charge is -2.17. The van der Waals surface area contributed by atoms with Crippen LogP contribution in [0, 0.1) is 12.7 Å². The number of pyridine rings is 1. The minimum absolute atomic E-state index is 0.148. The maximum absolute atomic E-state index is 14.4. The molecule has 0 aliphatic carbocycles. The Bertz CT molecular complexity index is 693. The maximum Gasteiger partial charge on any atom is 0.200 e. The predicted octanol–water partition coefficient (Wildman–Crippen LogP) is 4.58. The van der Waals surface area contributed by atoms with E-state index in [9.17, 15) is 4.39 Å². The second-order valence-corrected chi connectivity index (χ2v) is 5.87. The average Bonchev–Trinajstić information content (AvgIpc) is 2.44. The number of aryl methyl sites for hydroxylation is 1. The van der Waals surface area contributed by atoms with Gasteiger partial charge in [0.1, 0.15) is 0 Å². The molecular formula is C15H15BrFNO2S. The standard InChI is InChI=1S/C15H15BrFNO2S/c1-4-19-15(21)9(3)20-12-6-10-5-11(16)7-18-14(10)8(2)13(12)17/h5-7,9H,4H2,1-3H3. The SMILES string of the molecule is CCOC(=S)C(C)Oc1cc2cc(Br)cnc2c(C)c1F. The van der Waals surface area contributed by atoms with Crippen molar-refractivity contribution in [2.24, 2.45) is 0 Å². The normalized spacial score (nSPS) is 12.2. The van der Waals surface area contributed by atoms with Crippen LogP contribution in [0.2, 0.25) is 0 Å². The second kappa shape index (κ2) is 6.66. The highest BCUT2D eigenvalue weighted by Gasteiger charge is 2.17. The van der Waals surface area contributed by atoms with Crippen molar-refractivity contribution in [1.29, 1.82) is 0 Å². The third-order valence-corrected chi connectivity index (χ3v) is 3.88. The highest BCUT2D eigenvalue weighted by molar-refractivity contribution is 9.10. The van der Waals surface area contributed by atoms with Crippen molar-refractivity contribution in [3.63, 3.8) is 0 Å². The lowest BCUT2D eigenvalue weighted by atomic mass is 10.1. The van der Waals surface area contributed by atoms with Crippen LogP contribution in [0.1, 0.15) is 19.4 Å². The quantitative estimate of drug-likeness (QED) is 0.736. The molecule has 3 nitrogen and oxygen atoms in total. The van der Waals surface area contributed by atoms with Crippen molar-refractivity contribution in [3.05, 3.63) is 34.2 Å². The monoisotopic (exact) mass is 371 g/mol. The minimum atomic E-state index is -0.508. The van der Waals surface area contributed by atoms with Crippen LogP contribution in [0.15, 0.2) is 22.8 Å². The molecule has 0 fully saturated rings. The highest BCUT2D eigenvalue weighted by atomic mass is 79.9. The summed E-state index contributed by atoms with van der Waals surface area (Å²) in [6.45, 7) is 5.71. The number of thiocarbonyl (C=S) groups is 1. The smallest absolute Gasteiger partial charge is 0.200 e. The fourth-order valence-electron chi connectivity index (χ4n) is 1.96. The number of hydrogen-bond donors (Lipinski definition) is 0. The molecule has 6 heteroatoms. The van der Waals surface area contributed by atoms with Gasteiger partial charge in [-0.3, -0.25) is 4.98 Å². The fraction of sp³-hybridized carbons (Fsp3) is 0.333. The van der Waals surface area contributed by atoms with Crippen molar-refractivity contribution in [2.45, 2.75) is 26.9 Å². The molecule has 0 amide bonds. The third kappa shape index (κ3) is 3.49. The van der Waals surface area contributed by atoms with Crippen LogP contribution in [-0.2, 0) is 4.74 Å². The molecule has 0 bridgehead atoms. The molecular weight excluding hydrogens is 357 g/mol. The summed E-state index contributed by atoms with van der Waals surface area (Å²) in [5.41, 5.74) is 1.06. The van der Waals surface area contributed by atoms with Gasteiger partial charge >= 0.3 is 0 Å². The first-order valence-corrected chi connectivity index (χ1v) is 7.71. The van der Waals surface area contributed by atoms with E-state index >= 15 is 0 Å². The molecule has 1 unspecified atom stereocenters.